The number of pyridine rings is 1. The maximum absolute atomic E-state index is 12.4. The number of anilines is 1. The molecule has 0 radical (unpaired) electrons. The highest BCUT2D eigenvalue weighted by atomic mass is 16.5. The second-order valence-corrected chi connectivity index (χ2v) is 6.69. The van der Waals surface area contributed by atoms with Gasteiger partial charge >= 0.3 is 0 Å². The van der Waals surface area contributed by atoms with Gasteiger partial charge in [-0.15, -0.1) is 0 Å². The normalized spacial score (nSPS) is 11.6. The molecule has 0 spiro atoms. The van der Waals surface area contributed by atoms with E-state index in [4.69, 9.17) is 10.5 Å². The summed E-state index contributed by atoms with van der Waals surface area (Å²) in [5.41, 5.74) is 9.13. The number of allylic oxidation sites excluding steroid dienone is 3. The summed E-state index contributed by atoms with van der Waals surface area (Å²) in [5, 5.41) is 11.0. The number of fused-ring (bicyclic) bond motifs is 1. The number of ether oxygens (including phenoxy) is 1. The molecule has 0 fully saturated rings. The fraction of sp³-hybridized carbons (Fsp3) is 0.381. The first kappa shape index (κ1) is 19.6. The monoisotopic (exact) mass is 356 g/mol. The molecule has 0 saturated carbocycles. The second-order valence-electron chi connectivity index (χ2n) is 6.69. The summed E-state index contributed by atoms with van der Waals surface area (Å²) in [6.07, 6.45) is 6.12. The van der Waals surface area contributed by atoms with Crippen LogP contribution >= 0.6 is 0 Å². The van der Waals surface area contributed by atoms with Crippen molar-refractivity contribution in [2.45, 2.75) is 47.1 Å². The van der Waals surface area contributed by atoms with Gasteiger partial charge in [-0.1, -0.05) is 17.2 Å². The van der Waals surface area contributed by atoms with Crippen molar-refractivity contribution in [2.75, 3.05) is 12.3 Å². The lowest BCUT2D eigenvalue weighted by molar-refractivity contribution is 0.335. The van der Waals surface area contributed by atoms with Gasteiger partial charge in [-0.2, -0.15) is 0 Å². The number of nitrogens with two attached hydrogens (primary N) is 1. The molecule has 0 bridgehead atoms. The molecule has 0 aliphatic carbocycles. The maximum Gasteiger partial charge on any atom is 0.297 e. The van der Waals surface area contributed by atoms with E-state index in [0.29, 0.717) is 29.7 Å². The van der Waals surface area contributed by atoms with E-state index in [9.17, 15) is 9.90 Å². The number of rotatable bonds is 7. The largest absolute Gasteiger partial charge is 0.500 e. The minimum absolute atomic E-state index is 0.211. The predicted molar refractivity (Wildman–Crippen MR) is 108 cm³/mol. The van der Waals surface area contributed by atoms with Gasteiger partial charge in [0, 0.05) is 17.6 Å². The lowest BCUT2D eigenvalue weighted by atomic mass is 10.1. The van der Waals surface area contributed by atoms with Gasteiger partial charge < -0.3 is 20.1 Å². The molecule has 0 atom stereocenters. The molecule has 1 aromatic heterocycles. The zero-order valence-electron chi connectivity index (χ0n) is 16.0. The topological polar surface area (TPSA) is 77.5 Å². The van der Waals surface area contributed by atoms with E-state index in [1.54, 1.807) is 18.2 Å². The number of hydrogen-bond donors (Lipinski definition) is 2. The van der Waals surface area contributed by atoms with Crippen LogP contribution in [0.4, 0.5) is 5.69 Å². The van der Waals surface area contributed by atoms with Crippen molar-refractivity contribution in [2.24, 2.45) is 0 Å². The van der Waals surface area contributed by atoms with Crippen LogP contribution in [0.25, 0.3) is 10.9 Å². The van der Waals surface area contributed by atoms with Crippen molar-refractivity contribution in [1.82, 2.24) is 4.57 Å². The van der Waals surface area contributed by atoms with Crippen LogP contribution in [0.5, 0.6) is 11.5 Å². The molecule has 0 amide bonds. The number of aromatic hydroxyl groups is 1. The SMILES string of the molecule is CCn1c(=O)c(O)c(OC/C=C(\C)CCC=C(C)C)c2ccc(N)cc21. The summed E-state index contributed by atoms with van der Waals surface area (Å²) in [6.45, 7) is 8.81. The summed E-state index contributed by atoms with van der Waals surface area (Å²) >= 11 is 0. The first-order chi connectivity index (χ1) is 12.3. The van der Waals surface area contributed by atoms with Gasteiger partial charge in [-0.05, 0) is 64.8 Å². The number of aryl methyl sites for hydroxylation is 1. The Morgan fingerprint density at radius 2 is 2.00 bits per heavy atom. The summed E-state index contributed by atoms with van der Waals surface area (Å²) in [4.78, 5) is 12.4. The van der Waals surface area contributed by atoms with E-state index in [1.165, 1.54) is 15.7 Å². The van der Waals surface area contributed by atoms with Crippen molar-refractivity contribution < 1.29 is 9.84 Å². The molecule has 0 aliphatic rings. The Morgan fingerprint density at radius 3 is 2.65 bits per heavy atom. The van der Waals surface area contributed by atoms with Crippen LogP contribution in [0.2, 0.25) is 0 Å². The van der Waals surface area contributed by atoms with E-state index in [0.717, 1.165) is 12.8 Å². The third-order valence-corrected chi connectivity index (χ3v) is 4.29. The molecule has 2 rings (SSSR count). The van der Waals surface area contributed by atoms with E-state index in [1.807, 2.05) is 13.0 Å². The van der Waals surface area contributed by atoms with E-state index in [-0.39, 0.29) is 11.5 Å². The van der Waals surface area contributed by atoms with Crippen molar-refractivity contribution in [3.05, 3.63) is 51.9 Å². The third kappa shape index (κ3) is 4.48. The van der Waals surface area contributed by atoms with Gasteiger partial charge in [0.15, 0.2) is 5.75 Å². The van der Waals surface area contributed by atoms with Crippen LogP contribution in [0.3, 0.4) is 0 Å². The number of benzene rings is 1. The quantitative estimate of drug-likeness (QED) is 0.570. The molecule has 3 N–H and O–H groups in total. The summed E-state index contributed by atoms with van der Waals surface area (Å²) in [5.74, 6) is -0.150. The van der Waals surface area contributed by atoms with E-state index >= 15 is 0 Å². The minimum Gasteiger partial charge on any atom is -0.500 e. The van der Waals surface area contributed by atoms with Crippen molar-refractivity contribution in [3.63, 3.8) is 0 Å². The van der Waals surface area contributed by atoms with Crippen LogP contribution in [0.15, 0.2) is 46.3 Å². The molecular weight excluding hydrogens is 328 g/mol. The van der Waals surface area contributed by atoms with Gasteiger partial charge in [-0.25, -0.2) is 0 Å². The Kier molecular flexibility index (Phi) is 6.50. The molecule has 1 aromatic carbocycles. The standard InChI is InChI=1S/C21H28N2O3/c1-5-23-18-13-16(22)9-10-17(18)20(19(24)21(23)25)26-12-11-15(4)8-6-7-14(2)3/h7,9-11,13,24H,5-6,8,12,22H2,1-4H3/b15-11+. The summed E-state index contributed by atoms with van der Waals surface area (Å²) < 4.78 is 7.27. The third-order valence-electron chi connectivity index (χ3n) is 4.29. The van der Waals surface area contributed by atoms with Crippen LogP contribution in [0, 0.1) is 0 Å². The lowest BCUT2D eigenvalue weighted by Crippen LogP contribution is -2.20. The number of aromatic nitrogens is 1. The van der Waals surface area contributed by atoms with Crippen molar-refractivity contribution in [1.29, 1.82) is 0 Å². The fourth-order valence-electron chi connectivity index (χ4n) is 2.84. The van der Waals surface area contributed by atoms with Crippen LogP contribution < -0.4 is 16.0 Å². The van der Waals surface area contributed by atoms with E-state index in [2.05, 4.69) is 26.8 Å². The van der Waals surface area contributed by atoms with Crippen molar-refractivity contribution >= 4 is 16.6 Å². The molecular formula is C21H28N2O3. The molecule has 0 unspecified atom stereocenters. The Morgan fingerprint density at radius 1 is 1.27 bits per heavy atom. The first-order valence-electron chi connectivity index (χ1n) is 8.92. The highest BCUT2D eigenvalue weighted by molar-refractivity contribution is 5.89. The maximum atomic E-state index is 12.4. The Balaban J connectivity index is 2.28. The number of hydrogen-bond acceptors (Lipinski definition) is 4. The predicted octanol–water partition coefficient (Wildman–Crippen LogP) is 4.38. The van der Waals surface area contributed by atoms with E-state index < -0.39 is 5.56 Å². The van der Waals surface area contributed by atoms with Gasteiger partial charge in [0.25, 0.3) is 5.56 Å². The molecule has 5 heteroatoms. The molecule has 1 heterocycles. The molecule has 2 aromatic rings. The highest BCUT2D eigenvalue weighted by Crippen LogP contribution is 2.33. The average molecular weight is 356 g/mol. The van der Waals surface area contributed by atoms with Gasteiger partial charge in [0.2, 0.25) is 5.75 Å². The number of nitrogen functional groups attached to an aromatic ring is 1. The lowest BCUT2D eigenvalue weighted by Gasteiger charge is -2.15. The first-order valence-corrected chi connectivity index (χ1v) is 8.92. The Bertz CT molecular complexity index is 904. The summed E-state index contributed by atoms with van der Waals surface area (Å²) in [6, 6.07) is 5.24. The average Bonchev–Trinajstić information content (AvgIpc) is 2.58. The van der Waals surface area contributed by atoms with Gasteiger partial charge in [0.1, 0.15) is 6.61 Å². The zero-order chi connectivity index (χ0) is 19.3. The van der Waals surface area contributed by atoms with Gasteiger partial charge in [0.05, 0.1) is 5.52 Å². The summed E-state index contributed by atoms with van der Waals surface area (Å²) in [7, 11) is 0. The molecule has 26 heavy (non-hydrogen) atoms. The molecule has 140 valence electrons. The fourth-order valence-corrected chi connectivity index (χ4v) is 2.84. The van der Waals surface area contributed by atoms with Crippen LogP contribution in [0.1, 0.15) is 40.5 Å². The highest BCUT2D eigenvalue weighted by Gasteiger charge is 2.16. The Labute approximate surface area is 154 Å². The minimum atomic E-state index is -0.468. The smallest absolute Gasteiger partial charge is 0.297 e. The van der Waals surface area contributed by atoms with Crippen LogP contribution in [-0.4, -0.2) is 16.3 Å². The van der Waals surface area contributed by atoms with Gasteiger partial charge in [-0.3, -0.25) is 4.79 Å². The molecule has 5 nitrogen and oxygen atoms in total. The zero-order valence-corrected chi connectivity index (χ0v) is 16.0. The van der Waals surface area contributed by atoms with Crippen molar-refractivity contribution in [3.8, 4) is 11.5 Å². The van der Waals surface area contributed by atoms with Crippen LogP contribution in [-0.2, 0) is 6.54 Å². The number of nitrogens with zero attached hydrogens (tertiary/aromatic N) is 1. The Hall–Kier alpha value is -2.69. The second kappa shape index (κ2) is 8.61. The molecule has 0 aliphatic heterocycles. The molecule has 0 saturated heterocycles.